The van der Waals surface area contributed by atoms with Crippen LogP contribution in [0.2, 0.25) is 0 Å². The maximum Gasteiger partial charge on any atom is 0.307 e. The molecule has 0 spiro atoms. The van der Waals surface area contributed by atoms with Crippen LogP contribution >= 0.6 is 12.3 Å². The zero-order valence-corrected chi connectivity index (χ0v) is 6.21. The second-order valence-corrected chi connectivity index (χ2v) is 1.65. The van der Waals surface area contributed by atoms with Crippen LogP contribution in [0.5, 0.6) is 0 Å². The molecule has 0 aliphatic rings. The summed E-state index contributed by atoms with van der Waals surface area (Å²) < 4.78 is 26.1. The molecule has 0 saturated carbocycles. The normalized spacial score (nSPS) is 13.9. The second kappa shape index (κ2) is 4.68. The van der Waals surface area contributed by atoms with Crippen LogP contribution in [0.4, 0.5) is 0 Å². The number of rotatable bonds is 2. The number of hydrogen-bond donors (Lipinski definition) is 1. The Hall–Kier alpha value is -1.09. The highest BCUT2D eigenvalue weighted by atomic mass is 35.5. The molecule has 0 saturated heterocycles. The summed E-state index contributed by atoms with van der Waals surface area (Å²) in [4.78, 5) is 14.5. The lowest BCUT2D eigenvalue weighted by molar-refractivity contribution is -0.136. The minimum absolute atomic E-state index is 0.0762. The topological polar surface area (TPSA) is 50.2 Å². The average Bonchev–Trinajstić information content (AvgIpc) is 2.31. The molecule has 0 atom stereocenters. The predicted octanol–water partition coefficient (Wildman–Crippen LogP) is 1.13. The molecule has 1 aromatic rings. The average molecular weight is 178 g/mol. The molecule has 1 aromatic heterocycles. The highest BCUT2D eigenvalue weighted by Crippen LogP contribution is 1.95. The highest BCUT2D eigenvalue weighted by molar-refractivity contribution is 5.85. The van der Waals surface area contributed by atoms with E-state index in [0.717, 1.165) is 0 Å². The number of pyridine rings is 1. The lowest BCUT2D eigenvalue weighted by atomic mass is 10.2. The number of aromatic nitrogens is 1. The van der Waals surface area contributed by atoms with Crippen molar-refractivity contribution in [3.63, 3.8) is 0 Å². The van der Waals surface area contributed by atoms with Gasteiger partial charge in [0, 0.05) is 15.1 Å². The molecule has 0 amide bonds. The van der Waals surface area contributed by atoms with Gasteiger partial charge < -0.3 is 5.11 Å². The first kappa shape index (κ1) is 4.72. The molecule has 3 nitrogen and oxygen atoms in total. The zero-order valence-electron chi connectivity index (χ0n) is 9.45. The van der Waals surface area contributed by atoms with Crippen molar-refractivity contribution < 1.29 is 12.6 Å². The van der Waals surface area contributed by atoms with Crippen LogP contribution in [-0.2, 0) is 11.2 Å². The van der Waals surface area contributed by atoms with E-state index in [4.69, 9.17) is 5.35 Å². The van der Waals surface area contributed by atoms with Crippen molar-refractivity contribution in [1.82, 2.24) is 4.98 Å². The molecule has 0 fully saturated rings. The van der Waals surface area contributed by atoms with Crippen molar-refractivity contribution in [2.45, 2.75) is 6.37 Å². The van der Waals surface area contributed by atoms with Crippen LogP contribution in [-0.4, -0.2) is 17.2 Å². The molecule has 0 aliphatic heterocycles. The smallest absolute Gasteiger partial charge is 0.307 e. The largest absolute Gasteiger partial charge is 0.481 e. The highest BCUT2D eigenvalue weighted by Gasteiger charge is 1.97. The Bertz CT molecular complexity index is 309. The third-order valence-corrected chi connectivity index (χ3v) is 0.908. The standard InChI is InChI=1S/C7H7NO2.ClH/c9-7(10)4-6-2-1-3-8-5-6;/h1-3,5H,4H2,(H,9,10);1H/i4D2;/hD2. The number of nitrogens with zero attached hydrogens (tertiary/aromatic N) is 1. The fourth-order valence-electron chi connectivity index (χ4n) is 0.555. The van der Waals surface area contributed by atoms with Gasteiger partial charge in [-0.3, -0.25) is 9.78 Å². The first-order valence-corrected chi connectivity index (χ1v) is 2.67. The summed E-state index contributed by atoms with van der Waals surface area (Å²) in [6.07, 6.45) is 0.374. The summed E-state index contributed by atoms with van der Waals surface area (Å²) in [6.45, 7) is 0. The minimum Gasteiger partial charge on any atom is -0.481 e. The van der Waals surface area contributed by atoms with Gasteiger partial charge in [0.1, 0.15) is 1.17 Å². The Kier molecular flexibility index (Phi) is 2.01. The van der Waals surface area contributed by atoms with Crippen LogP contribution < -0.4 is 0 Å². The van der Waals surface area contributed by atoms with Gasteiger partial charge in [-0.1, -0.05) is 6.07 Å². The van der Waals surface area contributed by atoms with Crippen LogP contribution in [0, 0.1) is 0 Å². The monoisotopic (exact) mass is 177 g/mol. The van der Waals surface area contributed by atoms with E-state index >= 15 is 0 Å². The molecule has 11 heavy (non-hydrogen) atoms. The van der Waals surface area contributed by atoms with Crippen molar-refractivity contribution in [3.8, 4) is 0 Å². The zero-order chi connectivity index (χ0) is 11.9. The van der Waals surface area contributed by atoms with Gasteiger partial charge in [0.15, 0.2) is 0 Å². The lowest BCUT2D eigenvalue weighted by Crippen LogP contribution is -1.99. The quantitative estimate of drug-likeness (QED) is 0.737. The first-order chi connectivity index (χ1) is 7.09. The molecule has 0 aromatic carbocycles. The third-order valence-electron chi connectivity index (χ3n) is 0.908. The number of halogens is 1. The third kappa shape index (κ3) is 3.57. The van der Waals surface area contributed by atoms with E-state index in [1.807, 2.05) is 0 Å². The summed E-state index contributed by atoms with van der Waals surface area (Å²) in [7, 11) is 0. The summed E-state index contributed by atoms with van der Waals surface area (Å²) in [6, 6.07) is 2.91. The molecule has 0 aliphatic carbocycles. The fraction of sp³-hybridized carbons (Fsp3) is 0.143. The molecule has 1 heterocycles. The van der Waals surface area contributed by atoms with E-state index in [9.17, 15) is 4.79 Å². The molecule has 60 valence electrons. The summed E-state index contributed by atoms with van der Waals surface area (Å²) >= 11 is 3.89. The van der Waals surface area contributed by atoms with E-state index < -0.39 is 12.3 Å². The molecular weight excluding hydrogens is 166 g/mol. The van der Waals surface area contributed by atoms with Crippen LogP contribution in [0.3, 0.4) is 0 Å². The maximum atomic E-state index is 10.8. The SMILES string of the molecule is [2H]Cl.[2H]OC(=O)C([2H])([2H])c1cccnc1. The van der Waals surface area contributed by atoms with E-state index in [1.54, 1.807) is 0 Å². The van der Waals surface area contributed by atoms with Crippen molar-refractivity contribution in [2.24, 2.45) is 0 Å². The Morgan fingerprint density at radius 1 is 2.00 bits per heavy atom. The molecule has 1 rings (SSSR count). The Balaban J connectivity index is 0.000000921. The van der Waals surface area contributed by atoms with Gasteiger partial charge in [0.2, 0.25) is 0 Å². The Morgan fingerprint density at radius 2 is 2.82 bits per heavy atom. The van der Waals surface area contributed by atoms with Crippen molar-refractivity contribution in [2.75, 3.05) is 0 Å². The number of carbonyl (C=O) groups is 1. The summed E-state index contributed by atoms with van der Waals surface area (Å²) in [5.41, 5.74) is 0.0762. The first-order valence-electron chi connectivity index (χ1n) is 4.45. The fourth-order valence-corrected chi connectivity index (χ4v) is 0.555. The van der Waals surface area contributed by atoms with E-state index in [1.165, 1.54) is 24.5 Å². The predicted molar refractivity (Wildman–Crippen MR) is 42.8 cm³/mol. The maximum absolute atomic E-state index is 10.8. The number of aliphatic carboxylic acids is 1. The molecule has 4 heteroatoms. The van der Waals surface area contributed by atoms with Crippen molar-refractivity contribution >= 4 is 18.3 Å². The van der Waals surface area contributed by atoms with Gasteiger partial charge in [-0.15, -0.1) is 12.3 Å². The number of carboxylic acid groups (broad SMARTS) is 1. The van der Waals surface area contributed by atoms with Gasteiger partial charge in [0.05, 0.1) is 6.37 Å². The van der Waals surface area contributed by atoms with Crippen molar-refractivity contribution in [3.05, 3.63) is 30.1 Å². The van der Waals surface area contributed by atoms with E-state index in [-0.39, 0.29) is 5.56 Å². The molecular formula is C7H8ClNO2. The van der Waals surface area contributed by atoms with Gasteiger partial charge in [-0.05, 0) is 11.6 Å². The van der Waals surface area contributed by atoms with Gasteiger partial charge in [-0.25, -0.2) is 0 Å². The van der Waals surface area contributed by atoms with Crippen molar-refractivity contribution in [1.29, 1.82) is 2.60 Å². The van der Waals surface area contributed by atoms with Crippen LogP contribution in [0.1, 0.15) is 8.30 Å². The Morgan fingerprint density at radius 3 is 3.36 bits per heavy atom. The van der Waals surface area contributed by atoms with Crippen LogP contribution in [0.25, 0.3) is 1.43 Å². The van der Waals surface area contributed by atoms with E-state index in [0.29, 0.717) is 0 Å². The van der Waals surface area contributed by atoms with Gasteiger partial charge >= 0.3 is 5.97 Å². The Labute approximate surface area is 75.9 Å². The summed E-state index contributed by atoms with van der Waals surface area (Å²) in [5.74, 6) is -1.25. The molecule has 1 N–H and O–H groups in total. The van der Waals surface area contributed by atoms with Gasteiger partial charge in [-0.2, -0.15) is 0 Å². The minimum atomic E-state index is -2.31. The summed E-state index contributed by atoms with van der Waals surface area (Å²) in [5, 5.41) is 3.58. The second-order valence-electron chi connectivity index (χ2n) is 1.65. The van der Waals surface area contributed by atoms with Gasteiger partial charge in [0.25, 0.3) is 1.43 Å². The lowest BCUT2D eigenvalue weighted by Gasteiger charge is -1.91. The molecule has 0 unspecified atom stereocenters. The number of hydrogen-bond acceptors (Lipinski definition) is 3. The number of carboxylic acids is 1. The van der Waals surface area contributed by atoms with Crippen LogP contribution in [0.15, 0.2) is 24.5 Å². The molecule has 0 bridgehead atoms. The molecule has 0 radical (unpaired) electrons. The van der Waals surface area contributed by atoms with E-state index in [2.05, 4.69) is 22.4 Å².